The number of hydrogen-bond acceptors (Lipinski definition) is 3. The minimum absolute atomic E-state index is 0. The molecular weight excluding hydrogens is 475 g/mol. The van der Waals surface area contributed by atoms with Crippen LogP contribution in [0, 0.1) is 50.2 Å². The molecule has 6 heteroatoms. The molecule has 0 spiro atoms. The van der Waals surface area contributed by atoms with E-state index in [-0.39, 0.29) is 48.7 Å². The summed E-state index contributed by atoms with van der Waals surface area (Å²) in [5.74, 6) is 0.240. The van der Waals surface area contributed by atoms with Crippen molar-refractivity contribution in [3.63, 3.8) is 0 Å². The summed E-state index contributed by atoms with van der Waals surface area (Å²) in [5.41, 5.74) is -0.287. The second-order valence-corrected chi connectivity index (χ2v) is 5.53. The molecule has 1 saturated heterocycles. The summed E-state index contributed by atoms with van der Waals surface area (Å²) in [5, 5.41) is 0. The number of rotatable bonds is 6. The molecule has 2 aliphatic rings. The molecule has 2 bridgehead atoms. The van der Waals surface area contributed by atoms with Crippen molar-refractivity contribution in [1.82, 2.24) is 0 Å². The normalized spacial score (nSPS) is 34.1. The molecular formula is C12H17NO3PU-. The number of ether oxygens (including phenoxy) is 1. The SMILES string of the molecule is [C-]#[N+]CCOP(C)OC1C2C=CC1(CC)O[CH-]2.[U]. The van der Waals surface area contributed by atoms with Gasteiger partial charge in [-0.25, -0.2) is 13.2 Å². The van der Waals surface area contributed by atoms with E-state index >= 15 is 0 Å². The molecule has 2 rings (SSSR count). The van der Waals surface area contributed by atoms with E-state index in [1.807, 2.05) is 13.3 Å². The van der Waals surface area contributed by atoms with Crippen molar-refractivity contribution < 1.29 is 44.9 Å². The van der Waals surface area contributed by atoms with Crippen LogP contribution in [-0.2, 0) is 13.8 Å². The topological polar surface area (TPSA) is 32.0 Å². The van der Waals surface area contributed by atoms with Crippen LogP contribution in [0.2, 0.25) is 0 Å². The monoisotopic (exact) mass is 492 g/mol. The largest absolute Gasteiger partial charge is 0.542 e. The molecule has 1 fully saturated rings. The van der Waals surface area contributed by atoms with Crippen molar-refractivity contribution in [3.05, 3.63) is 30.2 Å². The van der Waals surface area contributed by atoms with Crippen LogP contribution in [0.15, 0.2) is 12.2 Å². The molecule has 0 aromatic rings. The van der Waals surface area contributed by atoms with Gasteiger partial charge in [-0.3, -0.25) is 0 Å². The fraction of sp³-hybridized carbons (Fsp3) is 0.667. The fourth-order valence-corrected chi connectivity index (χ4v) is 3.23. The average Bonchev–Trinajstić information content (AvgIpc) is 2.85. The van der Waals surface area contributed by atoms with E-state index in [2.05, 4.69) is 23.9 Å². The van der Waals surface area contributed by atoms with Gasteiger partial charge in [0.2, 0.25) is 6.54 Å². The summed E-state index contributed by atoms with van der Waals surface area (Å²) in [6.07, 6.45) is 5.17. The summed E-state index contributed by atoms with van der Waals surface area (Å²) in [7, 11) is -0.937. The van der Waals surface area contributed by atoms with E-state index in [9.17, 15) is 0 Å². The van der Waals surface area contributed by atoms with E-state index in [0.29, 0.717) is 13.2 Å². The predicted octanol–water partition coefficient (Wildman–Crippen LogP) is 2.78. The van der Waals surface area contributed by atoms with Gasteiger partial charge in [-0.15, -0.1) is 6.08 Å². The Morgan fingerprint density at radius 3 is 2.94 bits per heavy atom. The van der Waals surface area contributed by atoms with Gasteiger partial charge in [-0.05, 0) is 6.42 Å². The zero-order chi connectivity index (χ0) is 12.3. The Morgan fingerprint density at radius 2 is 2.39 bits per heavy atom. The summed E-state index contributed by atoms with van der Waals surface area (Å²) in [6.45, 7) is 13.4. The zero-order valence-corrected chi connectivity index (χ0v) is 15.7. The first-order valence-electron chi connectivity index (χ1n) is 5.79. The Kier molecular flexibility index (Phi) is 6.84. The van der Waals surface area contributed by atoms with E-state index in [1.54, 1.807) is 0 Å². The van der Waals surface area contributed by atoms with Gasteiger partial charge >= 0.3 is 0 Å². The summed E-state index contributed by atoms with van der Waals surface area (Å²) >= 11 is 0. The van der Waals surface area contributed by atoms with Gasteiger partial charge in [0.05, 0.1) is 11.7 Å². The summed E-state index contributed by atoms with van der Waals surface area (Å²) < 4.78 is 17.1. The van der Waals surface area contributed by atoms with E-state index in [0.717, 1.165) is 6.42 Å². The number of fused-ring (bicyclic) bond motifs is 2. The Morgan fingerprint density at radius 1 is 1.61 bits per heavy atom. The molecule has 1 aliphatic carbocycles. The van der Waals surface area contributed by atoms with Crippen molar-refractivity contribution in [2.75, 3.05) is 19.8 Å². The third-order valence-corrected chi connectivity index (χ3v) is 4.24. The van der Waals surface area contributed by atoms with E-state index in [4.69, 9.17) is 20.4 Å². The molecule has 0 N–H and O–H groups in total. The van der Waals surface area contributed by atoms with Crippen LogP contribution in [0.25, 0.3) is 4.85 Å². The van der Waals surface area contributed by atoms with Crippen LogP contribution >= 0.6 is 8.38 Å². The molecule has 4 unspecified atom stereocenters. The van der Waals surface area contributed by atoms with E-state index in [1.165, 1.54) is 0 Å². The first-order valence-corrected chi connectivity index (χ1v) is 7.41. The molecule has 4 atom stereocenters. The molecule has 18 heavy (non-hydrogen) atoms. The average molecular weight is 492 g/mol. The smallest absolute Gasteiger partial charge is 0.238 e. The Hall–Kier alpha value is 0.592. The molecule has 98 valence electrons. The maximum absolute atomic E-state index is 6.68. The quantitative estimate of drug-likeness (QED) is 0.248. The third-order valence-electron chi connectivity index (χ3n) is 3.17. The van der Waals surface area contributed by atoms with Gasteiger partial charge in [0.15, 0.2) is 8.38 Å². The fourth-order valence-electron chi connectivity index (χ4n) is 2.19. The number of nitrogens with zero attached hydrogens (tertiary/aromatic N) is 1. The molecule has 0 radical (unpaired) electrons. The molecule has 0 saturated carbocycles. The Labute approximate surface area is 134 Å². The van der Waals surface area contributed by atoms with Crippen LogP contribution < -0.4 is 0 Å². The molecule has 1 aliphatic heterocycles. The predicted molar refractivity (Wildman–Crippen MR) is 66.2 cm³/mol. The van der Waals surface area contributed by atoms with Gasteiger partial charge in [0, 0.05) is 37.8 Å². The first-order chi connectivity index (χ1) is 8.22. The molecule has 0 aromatic heterocycles. The van der Waals surface area contributed by atoms with Crippen molar-refractivity contribution in [2.24, 2.45) is 5.92 Å². The minimum Gasteiger partial charge on any atom is -0.542 e. The second kappa shape index (κ2) is 7.39. The van der Waals surface area contributed by atoms with Gasteiger partial charge in [0.25, 0.3) is 0 Å². The van der Waals surface area contributed by atoms with Gasteiger partial charge < -0.3 is 18.6 Å². The van der Waals surface area contributed by atoms with E-state index < -0.39 is 8.38 Å². The van der Waals surface area contributed by atoms with Crippen LogP contribution in [0.4, 0.5) is 0 Å². The third kappa shape index (κ3) is 3.37. The van der Waals surface area contributed by atoms with Gasteiger partial charge in [0.1, 0.15) is 6.61 Å². The standard InChI is InChI=1S/C12H17NO3P.U/c1-4-12-6-5-10(9-14-12)11(12)16-17(3)15-8-7-13-2;/h5-6,9-11H,4,7-8H2,1,3H3;/q-1;. The van der Waals surface area contributed by atoms with Crippen molar-refractivity contribution in [2.45, 2.75) is 25.0 Å². The van der Waals surface area contributed by atoms with Crippen LogP contribution in [-0.4, -0.2) is 31.5 Å². The van der Waals surface area contributed by atoms with Gasteiger partial charge in [-0.2, -0.15) is 0 Å². The first kappa shape index (κ1) is 16.6. The molecule has 1 heterocycles. The maximum Gasteiger partial charge on any atom is 0.238 e. The molecule has 0 aromatic carbocycles. The van der Waals surface area contributed by atoms with Gasteiger partial charge in [-0.1, -0.05) is 18.9 Å². The maximum atomic E-state index is 6.68. The molecule has 4 nitrogen and oxygen atoms in total. The summed E-state index contributed by atoms with van der Waals surface area (Å²) in [6, 6.07) is 0. The van der Waals surface area contributed by atoms with Crippen LogP contribution in [0.3, 0.4) is 0 Å². The summed E-state index contributed by atoms with van der Waals surface area (Å²) in [4.78, 5) is 3.25. The van der Waals surface area contributed by atoms with Crippen molar-refractivity contribution in [3.8, 4) is 0 Å². The van der Waals surface area contributed by atoms with Crippen LogP contribution in [0.5, 0.6) is 0 Å². The van der Waals surface area contributed by atoms with Crippen LogP contribution in [0.1, 0.15) is 13.3 Å². The zero-order valence-electron chi connectivity index (χ0n) is 10.6. The Balaban J connectivity index is 0.00000162. The molecule has 0 amide bonds. The van der Waals surface area contributed by atoms with Crippen molar-refractivity contribution >= 4 is 8.38 Å². The Bertz CT molecular complexity index is 347. The minimum atomic E-state index is -0.937. The second-order valence-electron chi connectivity index (χ2n) is 4.18. The number of hydrogen-bond donors (Lipinski definition) is 0. The van der Waals surface area contributed by atoms with Crippen molar-refractivity contribution in [1.29, 1.82) is 0 Å².